The van der Waals surface area contributed by atoms with E-state index in [1.165, 1.54) is 6.07 Å². The summed E-state index contributed by atoms with van der Waals surface area (Å²) in [5, 5.41) is 3.14. The third-order valence-electron chi connectivity index (χ3n) is 3.94. The predicted molar refractivity (Wildman–Crippen MR) is 88.9 cm³/mol. The molecule has 2 aromatic rings. The molecule has 1 aliphatic rings. The molecule has 1 saturated heterocycles. The van der Waals surface area contributed by atoms with Gasteiger partial charge < -0.3 is 14.8 Å². The molecule has 0 amide bonds. The van der Waals surface area contributed by atoms with Gasteiger partial charge in [0.1, 0.15) is 11.9 Å². The molecule has 7 heteroatoms. The number of halogens is 4. The first-order valence-corrected chi connectivity index (χ1v) is 8.23. The van der Waals surface area contributed by atoms with E-state index in [0.717, 1.165) is 24.2 Å². The van der Waals surface area contributed by atoms with E-state index in [2.05, 4.69) is 5.32 Å². The summed E-state index contributed by atoms with van der Waals surface area (Å²) in [4.78, 5) is 0. The molecule has 0 bridgehead atoms. The fraction of sp³-hybridized carbons (Fsp3) is 0.333. The van der Waals surface area contributed by atoms with Gasteiger partial charge >= 0.3 is 6.18 Å². The van der Waals surface area contributed by atoms with Gasteiger partial charge in [0.2, 0.25) is 0 Å². The van der Waals surface area contributed by atoms with Crippen molar-refractivity contribution in [2.45, 2.75) is 18.4 Å². The summed E-state index contributed by atoms with van der Waals surface area (Å²) in [6, 6.07) is 12.5. The molecule has 1 fully saturated rings. The third kappa shape index (κ3) is 4.45. The molecule has 2 unspecified atom stereocenters. The zero-order valence-corrected chi connectivity index (χ0v) is 14.0. The number of hydrogen-bond donors (Lipinski definition) is 1. The van der Waals surface area contributed by atoms with Gasteiger partial charge in [-0.15, -0.1) is 0 Å². The minimum Gasteiger partial charge on any atom is -0.481 e. The van der Waals surface area contributed by atoms with Crippen LogP contribution in [-0.2, 0) is 10.9 Å². The SMILES string of the molecule is FC(F)(F)c1ccc(OC(c2ccccc2)C2CNCCO2)c(Cl)c1. The highest BCUT2D eigenvalue weighted by atomic mass is 35.5. The lowest BCUT2D eigenvalue weighted by atomic mass is 10.0. The van der Waals surface area contributed by atoms with Gasteiger partial charge in [-0.3, -0.25) is 0 Å². The number of alkyl halides is 3. The molecule has 2 aromatic carbocycles. The van der Waals surface area contributed by atoms with Crippen molar-refractivity contribution >= 4 is 11.6 Å². The fourth-order valence-electron chi connectivity index (χ4n) is 2.69. The summed E-state index contributed by atoms with van der Waals surface area (Å²) in [5.74, 6) is 0.192. The molecule has 1 N–H and O–H groups in total. The van der Waals surface area contributed by atoms with Crippen LogP contribution < -0.4 is 10.1 Å². The minimum absolute atomic E-state index is 0.0838. The van der Waals surface area contributed by atoms with Gasteiger partial charge in [0.05, 0.1) is 17.2 Å². The van der Waals surface area contributed by atoms with Gasteiger partial charge in [0.15, 0.2) is 6.10 Å². The number of hydrogen-bond acceptors (Lipinski definition) is 3. The van der Waals surface area contributed by atoms with Crippen molar-refractivity contribution in [2.75, 3.05) is 19.7 Å². The zero-order valence-electron chi connectivity index (χ0n) is 13.2. The van der Waals surface area contributed by atoms with Gasteiger partial charge in [-0.05, 0) is 23.8 Å². The van der Waals surface area contributed by atoms with Crippen LogP contribution in [0.15, 0.2) is 48.5 Å². The van der Waals surface area contributed by atoms with Crippen molar-refractivity contribution in [1.29, 1.82) is 0 Å². The van der Waals surface area contributed by atoms with Crippen molar-refractivity contribution in [3.05, 3.63) is 64.7 Å². The first kappa shape index (κ1) is 18.0. The van der Waals surface area contributed by atoms with E-state index >= 15 is 0 Å². The number of benzene rings is 2. The lowest BCUT2D eigenvalue weighted by Crippen LogP contribution is -2.43. The lowest BCUT2D eigenvalue weighted by Gasteiger charge is -2.32. The van der Waals surface area contributed by atoms with Crippen molar-refractivity contribution in [3.8, 4) is 5.75 Å². The van der Waals surface area contributed by atoms with Crippen LogP contribution >= 0.6 is 11.6 Å². The second-order valence-corrected chi connectivity index (χ2v) is 6.11. The largest absolute Gasteiger partial charge is 0.481 e. The van der Waals surface area contributed by atoms with Crippen molar-refractivity contribution in [2.24, 2.45) is 0 Å². The Hall–Kier alpha value is -1.76. The van der Waals surface area contributed by atoms with Gasteiger partial charge in [-0.1, -0.05) is 41.9 Å². The first-order valence-electron chi connectivity index (χ1n) is 7.86. The predicted octanol–water partition coefficient (Wildman–Crippen LogP) is 4.47. The Morgan fingerprint density at radius 1 is 1.16 bits per heavy atom. The van der Waals surface area contributed by atoms with Crippen LogP contribution in [0.4, 0.5) is 13.2 Å². The van der Waals surface area contributed by atoms with Crippen molar-refractivity contribution in [3.63, 3.8) is 0 Å². The van der Waals surface area contributed by atoms with Crippen molar-refractivity contribution in [1.82, 2.24) is 5.32 Å². The maximum absolute atomic E-state index is 12.8. The Bertz CT molecular complexity index is 703. The molecule has 3 nitrogen and oxygen atoms in total. The molecule has 134 valence electrons. The summed E-state index contributed by atoms with van der Waals surface area (Å²) in [6.07, 6.45) is -5.20. The van der Waals surface area contributed by atoms with Crippen molar-refractivity contribution < 1.29 is 22.6 Å². The Morgan fingerprint density at radius 3 is 2.52 bits per heavy atom. The van der Waals surface area contributed by atoms with E-state index in [0.29, 0.717) is 13.2 Å². The standard InChI is InChI=1S/C18H17ClF3NO2/c19-14-10-13(18(20,21)22)6-7-15(14)25-17(12-4-2-1-3-5-12)16-11-23-8-9-24-16/h1-7,10,16-17,23H,8-9,11H2. The Kier molecular flexibility index (Phi) is 5.51. The zero-order chi connectivity index (χ0) is 17.9. The average Bonchev–Trinajstić information content (AvgIpc) is 2.61. The molecule has 1 heterocycles. The first-order chi connectivity index (χ1) is 11.9. The Labute approximate surface area is 148 Å². The number of ether oxygens (including phenoxy) is 2. The summed E-state index contributed by atoms with van der Waals surface area (Å²) in [7, 11) is 0. The van der Waals surface area contributed by atoms with Gasteiger partial charge in [0.25, 0.3) is 0 Å². The van der Waals surface area contributed by atoms with Crippen LogP contribution in [0, 0.1) is 0 Å². The van der Waals surface area contributed by atoms with Crippen LogP contribution in [0.5, 0.6) is 5.75 Å². The second kappa shape index (κ2) is 7.64. The molecular formula is C18H17ClF3NO2. The van der Waals surface area contributed by atoms with Crippen LogP contribution in [0.2, 0.25) is 5.02 Å². The van der Waals surface area contributed by atoms with E-state index in [1.807, 2.05) is 30.3 Å². The van der Waals surface area contributed by atoms with E-state index < -0.39 is 17.8 Å². The monoisotopic (exact) mass is 371 g/mol. The van der Waals surface area contributed by atoms with E-state index in [9.17, 15) is 13.2 Å². The molecule has 25 heavy (non-hydrogen) atoms. The highest BCUT2D eigenvalue weighted by molar-refractivity contribution is 6.32. The molecule has 0 aliphatic carbocycles. The van der Waals surface area contributed by atoms with Gasteiger partial charge in [-0.2, -0.15) is 13.2 Å². The second-order valence-electron chi connectivity index (χ2n) is 5.71. The number of nitrogens with one attached hydrogen (secondary N) is 1. The summed E-state index contributed by atoms with van der Waals surface area (Å²) < 4.78 is 50.1. The molecule has 0 aromatic heterocycles. The topological polar surface area (TPSA) is 30.5 Å². The Balaban J connectivity index is 1.87. The molecule has 1 aliphatic heterocycles. The fourth-order valence-corrected chi connectivity index (χ4v) is 2.92. The summed E-state index contributed by atoms with van der Waals surface area (Å²) in [5.41, 5.74) is 0.0591. The molecule has 0 radical (unpaired) electrons. The summed E-state index contributed by atoms with van der Waals surface area (Å²) >= 11 is 6.02. The highest BCUT2D eigenvalue weighted by Gasteiger charge is 2.32. The maximum Gasteiger partial charge on any atom is 0.416 e. The van der Waals surface area contributed by atoms with E-state index in [4.69, 9.17) is 21.1 Å². The lowest BCUT2D eigenvalue weighted by molar-refractivity contribution is -0.137. The molecular weight excluding hydrogens is 355 g/mol. The van der Waals surface area contributed by atoms with E-state index in [-0.39, 0.29) is 16.9 Å². The molecule has 0 spiro atoms. The smallest absolute Gasteiger partial charge is 0.416 e. The molecule has 3 rings (SSSR count). The molecule has 0 saturated carbocycles. The molecule has 2 atom stereocenters. The van der Waals surface area contributed by atoms with Crippen LogP contribution in [0.25, 0.3) is 0 Å². The van der Waals surface area contributed by atoms with Crippen LogP contribution in [0.1, 0.15) is 17.2 Å². The highest BCUT2D eigenvalue weighted by Crippen LogP contribution is 2.37. The number of morpholine rings is 1. The van der Waals surface area contributed by atoms with Crippen LogP contribution in [0.3, 0.4) is 0 Å². The van der Waals surface area contributed by atoms with E-state index in [1.54, 1.807) is 0 Å². The Morgan fingerprint density at radius 2 is 1.92 bits per heavy atom. The number of rotatable bonds is 4. The van der Waals surface area contributed by atoms with Gasteiger partial charge in [-0.25, -0.2) is 0 Å². The minimum atomic E-state index is -4.45. The summed E-state index contributed by atoms with van der Waals surface area (Å²) in [6.45, 7) is 1.87. The average molecular weight is 372 g/mol. The quantitative estimate of drug-likeness (QED) is 0.860. The maximum atomic E-state index is 12.8. The van der Waals surface area contributed by atoms with Gasteiger partial charge in [0, 0.05) is 13.1 Å². The third-order valence-corrected chi connectivity index (χ3v) is 4.23. The van der Waals surface area contributed by atoms with Crippen LogP contribution in [-0.4, -0.2) is 25.8 Å². The normalized spacial score (nSPS) is 19.4.